The average molecular weight is 352 g/mol. The van der Waals surface area contributed by atoms with Crippen LogP contribution in [0.1, 0.15) is 50.5 Å². The molecule has 4 saturated carbocycles. The van der Waals surface area contributed by atoms with Gasteiger partial charge in [0, 0.05) is 22.0 Å². The van der Waals surface area contributed by atoms with E-state index in [0.717, 1.165) is 23.3 Å². The molecule has 23 heavy (non-hydrogen) atoms. The standard InChI is InChI=1S/C19H23Cl2NO/c20-16-2-1-3-17(21)15(16)4-5-18(23)22-19-9-12-6-13(10-19)8-14(7-12)11-19/h1-3,12-14H,4-11H2,(H,22,23). The zero-order valence-corrected chi connectivity index (χ0v) is 14.8. The van der Waals surface area contributed by atoms with Crippen molar-refractivity contribution in [3.05, 3.63) is 33.8 Å². The Kier molecular flexibility index (Phi) is 4.09. The molecule has 0 radical (unpaired) electrons. The van der Waals surface area contributed by atoms with Crippen LogP contribution in [0, 0.1) is 17.8 Å². The van der Waals surface area contributed by atoms with Crippen molar-refractivity contribution < 1.29 is 4.79 Å². The fourth-order valence-electron chi connectivity index (χ4n) is 5.63. The Hall–Kier alpha value is -0.730. The van der Waals surface area contributed by atoms with Crippen LogP contribution in [0.3, 0.4) is 0 Å². The summed E-state index contributed by atoms with van der Waals surface area (Å²) in [6.45, 7) is 0. The van der Waals surface area contributed by atoms with Crippen molar-refractivity contribution in [3.8, 4) is 0 Å². The molecule has 4 aliphatic rings. The van der Waals surface area contributed by atoms with Gasteiger partial charge in [0.25, 0.3) is 0 Å². The van der Waals surface area contributed by atoms with Crippen LogP contribution in [-0.2, 0) is 11.2 Å². The number of amides is 1. The molecule has 1 aromatic rings. The van der Waals surface area contributed by atoms with Gasteiger partial charge in [-0.05, 0) is 80.4 Å². The lowest BCUT2D eigenvalue weighted by atomic mass is 9.53. The third kappa shape index (κ3) is 3.13. The summed E-state index contributed by atoms with van der Waals surface area (Å²) >= 11 is 12.4. The summed E-state index contributed by atoms with van der Waals surface area (Å²) in [4.78, 5) is 12.5. The molecule has 1 aromatic carbocycles. The minimum absolute atomic E-state index is 0.0934. The van der Waals surface area contributed by atoms with Crippen LogP contribution in [0.25, 0.3) is 0 Å². The summed E-state index contributed by atoms with van der Waals surface area (Å²) in [6.07, 6.45) is 8.83. The molecule has 0 aliphatic heterocycles. The highest BCUT2D eigenvalue weighted by Gasteiger charge is 2.51. The van der Waals surface area contributed by atoms with Crippen LogP contribution in [0.2, 0.25) is 10.0 Å². The van der Waals surface area contributed by atoms with Gasteiger partial charge in [-0.1, -0.05) is 29.3 Å². The number of hydrogen-bond acceptors (Lipinski definition) is 1. The Labute approximate surface area is 147 Å². The first-order valence-electron chi connectivity index (χ1n) is 8.77. The minimum Gasteiger partial charge on any atom is -0.351 e. The monoisotopic (exact) mass is 351 g/mol. The van der Waals surface area contributed by atoms with Crippen LogP contribution in [0.4, 0.5) is 0 Å². The van der Waals surface area contributed by atoms with E-state index < -0.39 is 0 Å². The van der Waals surface area contributed by atoms with Gasteiger partial charge in [0.2, 0.25) is 5.91 Å². The lowest BCUT2D eigenvalue weighted by Crippen LogP contribution is -2.59. The first kappa shape index (κ1) is 15.8. The van der Waals surface area contributed by atoms with E-state index in [1.165, 1.54) is 38.5 Å². The highest BCUT2D eigenvalue weighted by molar-refractivity contribution is 6.36. The molecule has 4 aliphatic carbocycles. The second kappa shape index (κ2) is 5.97. The summed E-state index contributed by atoms with van der Waals surface area (Å²) < 4.78 is 0. The molecule has 2 nitrogen and oxygen atoms in total. The van der Waals surface area contributed by atoms with Crippen molar-refractivity contribution in [1.29, 1.82) is 0 Å². The number of rotatable bonds is 4. The normalized spacial score (nSPS) is 34.6. The number of hydrogen-bond donors (Lipinski definition) is 1. The lowest BCUT2D eigenvalue weighted by molar-refractivity contribution is -0.126. The lowest BCUT2D eigenvalue weighted by Gasteiger charge is -2.56. The largest absolute Gasteiger partial charge is 0.351 e. The van der Waals surface area contributed by atoms with Crippen LogP contribution in [0.15, 0.2) is 18.2 Å². The van der Waals surface area contributed by atoms with Crippen LogP contribution in [0.5, 0.6) is 0 Å². The summed E-state index contributed by atoms with van der Waals surface area (Å²) in [5.74, 6) is 2.70. The summed E-state index contributed by atoms with van der Waals surface area (Å²) in [7, 11) is 0. The van der Waals surface area contributed by atoms with Crippen LogP contribution < -0.4 is 5.32 Å². The van der Waals surface area contributed by atoms with E-state index in [-0.39, 0.29) is 11.4 Å². The van der Waals surface area contributed by atoms with E-state index in [2.05, 4.69) is 5.32 Å². The molecule has 4 bridgehead atoms. The topological polar surface area (TPSA) is 29.1 Å². The van der Waals surface area contributed by atoms with Gasteiger partial charge in [-0.25, -0.2) is 0 Å². The molecular formula is C19H23Cl2NO. The minimum atomic E-state index is 0.0934. The highest BCUT2D eigenvalue weighted by atomic mass is 35.5. The zero-order valence-electron chi connectivity index (χ0n) is 13.3. The quantitative estimate of drug-likeness (QED) is 0.811. The molecule has 4 fully saturated rings. The van der Waals surface area contributed by atoms with Gasteiger partial charge in [-0.15, -0.1) is 0 Å². The maximum Gasteiger partial charge on any atom is 0.220 e. The predicted octanol–water partition coefficient (Wildman–Crippen LogP) is 5.01. The molecule has 1 N–H and O–H groups in total. The Morgan fingerprint density at radius 3 is 2.09 bits per heavy atom. The van der Waals surface area contributed by atoms with E-state index in [9.17, 15) is 4.79 Å². The SMILES string of the molecule is O=C(CCc1c(Cl)cccc1Cl)NC12CC3CC(CC(C3)C1)C2. The van der Waals surface area contributed by atoms with Crippen LogP contribution >= 0.6 is 23.2 Å². The maximum absolute atomic E-state index is 12.5. The Bertz CT molecular complexity index is 572. The third-order valence-electron chi connectivity index (χ3n) is 6.11. The van der Waals surface area contributed by atoms with Gasteiger partial charge in [-0.3, -0.25) is 4.79 Å². The van der Waals surface area contributed by atoms with E-state index in [1.807, 2.05) is 18.2 Å². The second-order valence-electron chi connectivity index (χ2n) is 7.95. The van der Waals surface area contributed by atoms with E-state index in [4.69, 9.17) is 23.2 Å². The first-order chi connectivity index (χ1) is 11.0. The molecule has 0 atom stereocenters. The Morgan fingerprint density at radius 2 is 1.57 bits per heavy atom. The highest BCUT2D eigenvalue weighted by Crippen LogP contribution is 2.55. The van der Waals surface area contributed by atoms with Gasteiger partial charge >= 0.3 is 0 Å². The first-order valence-corrected chi connectivity index (χ1v) is 9.52. The summed E-state index contributed by atoms with van der Waals surface area (Å²) in [5.41, 5.74) is 0.979. The fourth-order valence-corrected chi connectivity index (χ4v) is 6.22. The van der Waals surface area contributed by atoms with Crippen molar-refractivity contribution in [2.75, 3.05) is 0 Å². The molecule has 0 heterocycles. The summed E-state index contributed by atoms with van der Waals surface area (Å²) in [5, 5.41) is 4.71. The molecule has 4 heteroatoms. The summed E-state index contributed by atoms with van der Waals surface area (Å²) in [6, 6.07) is 5.50. The molecule has 0 spiro atoms. The average Bonchev–Trinajstić information content (AvgIpc) is 2.44. The number of halogens is 2. The molecule has 1 amide bonds. The number of carbonyl (C=O) groups is 1. The van der Waals surface area contributed by atoms with E-state index in [0.29, 0.717) is 22.9 Å². The van der Waals surface area contributed by atoms with Crippen molar-refractivity contribution in [3.63, 3.8) is 0 Å². The van der Waals surface area contributed by atoms with Gasteiger partial charge < -0.3 is 5.32 Å². The Morgan fingerprint density at radius 1 is 1.04 bits per heavy atom. The number of nitrogens with one attached hydrogen (secondary N) is 1. The van der Waals surface area contributed by atoms with Gasteiger partial charge in [0.15, 0.2) is 0 Å². The van der Waals surface area contributed by atoms with Crippen molar-refractivity contribution in [2.45, 2.75) is 56.9 Å². The smallest absolute Gasteiger partial charge is 0.220 e. The van der Waals surface area contributed by atoms with Gasteiger partial charge in [0.05, 0.1) is 0 Å². The van der Waals surface area contributed by atoms with Crippen molar-refractivity contribution in [2.24, 2.45) is 17.8 Å². The number of benzene rings is 1. The zero-order chi connectivity index (χ0) is 16.0. The third-order valence-corrected chi connectivity index (χ3v) is 6.81. The molecule has 124 valence electrons. The predicted molar refractivity (Wildman–Crippen MR) is 93.8 cm³/mol. The van der Waals surface area contributed by atoms with Gasteiger partial charge in [-0.2, -0.15) is 0 Å². The van der Waals surface area contributed by atoms with E-state index >= 15 is 0 Å². The van der Waals surface area contributed by atoms with Crippen molar-refractivity contribution in [1.82, 2.24) is 5.32 Å². The Balaban J connectivity index is 1.39. The molecule has 5 rings (SSSR count). The van der Waals surface area contributed by atoms with Crippen LogP contribution in [-0.4, -0.2) is 11.4 Å². The fraction of sp³-hybridized carbons (Fsp3) is 0.632. The van der Waals surface area contributed by atoms with Crippen molar-refractivity contribution >= 4 is 29.1 Å². The maximum atomic E-state index is 12.5. The molecule has 0 aromatic heterocycles. The molecule has 0 unspecified atom stereocenters. The molecular weight excluding hydrogens is 329 g/mol. The second-order valence-corrected chi connectivity index (χ2v) is 8.76. The van der Waals surface area contributed by atoms with Gasteiger partial charge in [0.1, 0.15) is 0 Å². The van der Waals surface area contributed by atoms with E-state index in [1.54, 1.807) is 0 Å². The molecule has 0 saturated heterocycles. The number of carbonyl (C=O) groups excluding carboxylic acids is 1.